The lowest BCUT2D eigenvalue weighted by Gasteiger charge is -2.33. The van der Waals surface area contributed by atoms with Crippen molar-refractivity contribution in [2.75, 3.05) is 0 Å². The minimum atomic E-state index is -6.46. The molecule has 0 radical (unpaired) electrons. The molecule has 0 aliphatic carbocycles. The van der Waals surface area contributed by atoms with Crippen LogP contribution in [0.5, 0.6) is 0 Å². The van der Waals surface area contributed by atoms with Crippen molar-refractivity contribution < 1.29 is 53.0 Å². The summed E-state index contributed by atoms with van der Waals surface area (Å²) < 4.78 is 139. The van der Waals surface area contributed by atoms with Crippen LogP contribution in [-0.2, 0) is 4.74 Å². The Morgan fingerprint density at radius 2 is 1.10 bits per heavy atom. The van der Waals surface area contributed by atoms with Gasteiger partial charge in [0.05, 0.1) is 0 Å². The van der Waals surface area contributed by atoms with Gasteiger partial charge < -0.3 is 0 Å². The van der Waals surface area contributed by atoms with E-state index in [4.69, 9.17) is 0 Å². The fourth-order valence-electron chi connectivity index (χ4n) is 0.764. The molecule has 0 rings (SSSR count). The Labute approximate surface area is 118 Å². The fraction of sp³-hybridized carbons (Fsp3) is 1.00. The van der Waals surface area contributed by atoms with Gasteiger partial charge in [-0.25, -0.2) is 17.6 Å². The van der Waals surface area contributed by atoms with Gasteiger partial charge >= 0.3 is 22.5 Å². The Kier molecular flexibility index (Phi) is 6.04. The summed E-state index contributed by atoms with van der Waals surface area (Å²) in [7, 11) is 0. The Morgan fingerprint density at radius 3 is 1.38 bits per heavy atom. The predicted octanol–water partition coefficient (Wildman–Crippen LogP) is 4.87. The van der Waals surface area contributed by atoms with Crippen LogP contribution in [0, 0.1) is 0 Å². The molecule has 0 aromatic rings. The van der Waals surface area contributed by atoms with Crippen LogP contribution >= 0.6 is 23.2 Å². The number of hydrogen-bond donors (Lipinski definition) is 0. The predicted molar refractivity (Wildman–Crippen MR) is 47.3 cm³/mol. The summed E-state index contributed by atoms with van der Waals surface area (Å²) in [5, 5.41) is -10.6. The lowest BCUT2D eigenvalue weighted by molar-refractivity contribution is -0.352. The standard InChI is InChI=1S/C7H3Cl2F11O/c8-6(18,19)7(9,20)21-3(13)5(16,17)4(14,15)1(10)2(11)12/h1-3H. The van der Waals surface area contributed by atoms with Crippen LogP contribution in [0.3, 0.4) is 0 Å². The molecular weight excluding hydrogens is 380 g/mol. The SMILES string of the molecule is FC(F)C(F)C(F)(F)C(F)(F)C(F)OC(F)(Cl)C(F)(F)Cl. The first-order valence-electron chi connectivity index (χ1n) is 4.42. The van der Waals surface area contributed by atoms with Crippen molar-refractivity contribution in [1.82, 2.24) is 0 Å². The third kappa shape index (κ3) is 4.15. The van der Waals surface area contributed by atoms with Crippen molar-refractivity contribution in [3.63, 3.8) is 0 Å². The molecule has 0 fully saturated rings. The highest BCUT2D eigenvalue weighted by molar-refractivity contribution is 6.31. The maximum atomic E-state index is 12.8. The molecule has 0 aromatic carbocycles. The molecule has 0 bridgehead atoms. The quantitative estimate of drug-likeness (QED) is 0.451. The van der Waals surface area contributed by atoms with Crippen LogP contribution in [0.25, 0.3) is 0 Å². The zero-order valence-electron chi connectivity index (χ0n) is 9.05. The molecule has 0 saturated heterocycles. The van der Waals surface area contributed by atoms with Gasteiger partial charge in [0, 0.05) is 0 Å². The van der Waals surface area contributed by atoms with Crippen LogP contribution in [0.2, 0.25) is 0 Å². The van der Waals surface area contributed by atoms with Gasteiger partial charge in [-0.15, -0.1) is 0 Å². The van der Waals surface area contributed by atoms with E-state index in [1.807, 2.05) is 0 Å². The lowest BCUT2D eigenvalue weighted by atomic mass is 10.1. The first-order chi connectivity index (χ1) is 8.98. The molecule has 0 N–H and O–H groups in total. The molecule has 128 valence electrons. The minimum absolute atomic E-state index is 2.49. The zero-order chi connectivity index (χ0) is 17.4. The molecule has 3 unspecified atom stereocenters. The van der Waals surface area contributed by atoms with Crippen molar-refractivity contribution in [1.29, 1.82) is 0 Å². The molecular formula is C7H3Cl2F11O. The largest absolute Gasteiger partial charge is 0.394 e. The van der Waals surface area contributed by atoms with Gasteiger partial charge in [-0.3, -0.25) is 4.74 Å². The molecule has 0 spiro atoms. The smallest absolute Gasteiger partial charge is 0.287 e. The van der Waals surface area contributed by atoms with E-state index < -0.39 is 41.5 Å². The van der Waals surface area contributed by atoms with Crippen LogP contribution in [0.4, 0.5) is 48.3 Å². The van der Waals surface area contributed by atoms with E-state index in [0.717, 1.165) is 0 Å². The van der Waals surface area contributed by atoms with Gasteiger partial charge in [0.15, 0.2) is 0 Å². The molecule has 0 amide bonds. The Bertz CT molecular complexity index is 355. The minimum Gasteiger partial charge on any atom is -0.287 e. The lowest BCUT2D eigenvalue weighted by Crippen LogP contribution is -2.58. The number of alkyl halides is 13. The Balaban J connectivity index is 5.34. The Morgan fingerprint density at radius 1 is 0.714 bits per heavy atom. The number of halogens is 13. The van der Waals surface area contributed by atoms with Crippen molar-refractivity contribution in [3.05, 3.63) is 0 Å². The Hall–Kier alpha value is -0.230. The molecule has 0 aliphatic rings. The van der Waals surface area contributed by atoms with Gasteiger partial charge in [0.1, 0.15) is 0 Å². The van der Waals surface area contributed by atoms with Gasteiger partial charge in [0.25, 0.3) is 12.8 Å². The molecule has 14 heteroatoms. The molecule has 0 aliphatic heterocycles. The van der Waals surface area contributed by atoms with Crippen LogP contribution < -0.4 is 0 Å². The van der Waals surface area contributed by atoms with Gasteiger partial charge in [-0.1, -0.05) is 0 Å². The molecule has 0 aromatic heterocycles. The molecule has 1 nitrogen and oxygen atoms in total. The van der Waals surface area contributed by atoms with E-state index >= 15 is 0 Å². The maximum Gasteiger partial charge on any atom is 0.394 e. The van der Waals surface area contributed by atoms with Crippen molar-refractivity contribution >= 4 is 23.2 Å². The first-order valence-corrected chi connectivity index (χ1v) is 5.18. The van der Waals surface area contributed by atoms with Crippen molar-refractivity contribution in [2.24, 2.45) is 0 Å². The monoisotopic (exact) mass is 382 g/mol. The van der Waals surface area contributed by atoms with Crippen LogP contribution in [0.1, 0.15) is 0 Å². The van der Waals surface area contributed by atoms with E-state index in [0.29, 0.717) is 0 Å². The zero-order valence-corrected chi connectivity index (χ0v) is 10.6. The molecule has 21 heavy (non-hydrogen) atoms. The third-order valence-electron chi connectivity index (χ3n) is 1.88. The van der Waals surface area contributed by atoms with Gasteiger partial charge in [-0.2, -0.15) is 30.7 Å². The summed E-state index contributed by atoms with van der Waals surface area (Å²) in [5.74, 6) is -12.9. The first kappa shape index (κ1) is 20.8. The average molecular weight is 383 g/mol. The summed E-state index contributed by atoms with van der Waals surface area (Å²) >= 11 is 7.96. The van der Waals surface area contributed by atoms with E-state index in [-0.39, 0.29) is 0 Å². The molecule has 0 saturated carbocycles. The normalized spacial score (nSPS) is 20.3. The second-order valence-corrected chi connectivity index (χ2v) is 4.39. The van der Waals surface area contributed by atoms with E-state index in [1.165, 1.54) is 0 Å². The summed E-state index contributed by atoms with van der Waals surface area (Å²) in [4.78, 5) is 0. The highest BCUT2D eigenvalue weighted by atomic mass is 35.5. The fourth-order valence-corrected chi connectivity index (χ4v) is 0.887. The van der Waals surface area contributed by atoms with E-state index in [2.05, 4.69) is 27.9 Å². The maximum absolute atomic E-state index is 12.8. The third-order valence-corrected chi connectivity index (χ3v) is 2.54. The molecule has 3 atom stereocenters. The van der Waals surface area contributed by atoms with Gasteiger partial charge in [0.2, 0.25) is 6.17 Å². The van der Waals surface area contributed by atoms with Crippen LogP contribution in [0.15, 0.2) is 0 Å². The number of ether oxygens (including phenoxy) is 1. The average Bonchev–Trinajstić information content (AvgIpc) is 2.25. The van der Waals surface area contributed by atoms with Crippen molar-refractivity contribution in [3.8, 4) is 0 Å². The number of hydrogen-bond acceptors (Lipinski definition) is 1. The van der Waals surface area contributed by atoms with Crippen LogP contribution in [-0.4, -0.2) is 41.5 Å². The highest BCUT2D eigenvalue weighted by Gasteiger charge is 2.71. The van der Waals surface area contributed by atoms with Crippen molar-refractivity contribution in [2.45, 2.75) is 41.5 Å². The van der Waals surface area contributed by atoms with Gasteiger partial charge in [-0.05, 0) is 23.2 Å². The summed E-state index contributed by atoms with van der Waals surface area (Å²) in [5.41, 5.74) is 0. The summed E-state index contributed by atoms with van der Waals surface area (Å²) in [6.07, 6.45) is -14.6. The summed E-state index contributed by atoms with van der Waals surface area (Å²) in [6, 6.07) is 0. The second kappa shape index (κ2) is 6.11. The second-order valence-electron chi connectivity index (χ2n) is 3.43. The van der Waals surface area contributed by atoms with E-state index in [1.54, 1.807) is 0 Å². The summed E-state index contributed by atoms with van der Waals surface area (Å²) in [6.45, 7) is 0. The number of rotatable bonds is 7. The highest BCUT2D eigenvalue weighted by Crippen LogP contribution is 2.48. The molecule has 0 heterocycles. The van der Waals surface area contributed by atoms with E-state index in [9.17, 15) is 48.3 Å². The topological polar surface area (TPSA) is 9.23 Å².